The van der Waals surface area contributed by atoms with Crippen LogP contribution in [0.4, 0.5) is 5.69 Å². The highest BCUT2D eigenvalue weighted by molar-refractivity contribution is 14.1. The first-order valence-electron chi connectivity index (χ1n) is 7.15. The maximum atomic E-state index is 8.49. The zero-order valence-corrected chi connectivity index (χ0v) is 15.5. The van der Waals surface area contributed by atoms with E-state index in [2.05, 4.69) is 59.3 Å². The third kappa shape index (κ3) is 3.80. The summed E-state index contributed by atoms with van der Waals surface area (Å²) in [7, 11) is -2.72. The second kappa shape index (κ2) is 6.70. The molecule has 1 saturated carbocycles. The average Bonchev–Trinajstić information content (AvgIpc) is 2.61. The molecule has 0 unspecified atom stereocenters. The lowest BCUT2D eigenvalue weighted by Crippen LogP contribution is -2.68. The maximum absolute atomic E-state index is 8.49. The first-order chi connectivity index (χ1) is 10.1. The topological polar surface area (TPSA) is 95.2 Å². The van der Waals surface area contributed by atoms with Crippen LogP contribution in [-0.2, 0) is 5.41 Å². The lowest BCUT2D eigenvalue weighted by Gasteiger charge is -2.31. The number of halogens is 2. The van der Waals surface area contributed by atoms with E-state index in [1.165, 1.54) is 41.4 Å². The molecule has 1 aliphatic heterocycles. The number of benzene rings is 1. The van der Waals surface area contributed by atoms with E-state index in [4.69, 9.17) is 18.6 Å². The molecule has 0 atom stereocenters. The van der Waals surface area contributed by atoms with E-state index in [0.717, 1.165) is 0 Å². The number of nitrogens with zero attached hydrogens (tertiary/aromatic N) is 1. The summed E-state index contributed by atoms with van der Waals surface area (Å²) < 4.78 is 37.8. The summed E-state index contributed by atoms with van der Waals surface area (Å²) in [5, 5.41) is 0. The van der Waals surface area contributed by atoms with Gasteiger partial charge in [0.25, 0.3) is 0 Å². The minimum atomic E-state index is -4.94. The molecule has 0 N–H and O–H groups in total. The van der Waals surface area contributed by atoms with E-state index < -0.39 is 10.2 Å². The molecule has 1 aliphatic carbocycles. The Kier molecular flexibility index (Phi) is 5.51. The van der Waals surface area contributed by atoms with Crippen molar-refractivity contribution in [1.82, 2.24) is 0 Å². The molecule has 0 bridgehead atoms. The van der Waals surface area contributed by atoms with Crippen molar-refractivity contribution in [3.8, 4) is 0 Å². The van der Waals surface area contributed by atoms with Crippen molar-refractivity contribution in [2.45, 2.75) is 44.4 Å². The first-order valence-corrected chi connectivity index (χ1v) is 9.46. The fourth-order valence-electron chi connectivity index (χ4n) is 3.67. The monoisotopic (exact) mass is 439 g/mol. The number of rotatable bonds is 0. The van der Waals surface area contributed by atoms with Gasteiger partial charge in [-0.1, -0.05) is 19.3 Å². The van der Waals surface area contributed by atoms with Gasteiger partial charge in [-0.15, -0.1) is 10.2 Å². The molecule has 0 aromatic heterocycles. The fourth-order valence-corrected chi connectivity index (χ4v) is 4.16. The summed E-state index contributed by atoms with van der Waals surface area (Å²) in [5.74, 6) is 0. The molecule has 5 nitrogen and oxygen atoms in total. The molecule has 1 fully saturated rings. The molecule has 122 valence electrons. The molecule has 0 saturated heterocycles. The van der Waals surface area contributed by atoms with Crippen molar-refractivity contribution in [2.75, 3.05) is 7.05 Å². The van der Waals surface area contributed by atoms with Crippen LogP contribution in [0.1, 0.15) is 44.6 Å². The third-order valence-electron chi connectivity index (χ3n) is 4.74. The van der Waals surface area contributed by atoms with E-state index in [0.29, 0.717) is 5.41 Å². The van der Waals surface area contributed by atoms with Gasteiger partial charge in [0.15, 0.2) is 5.71 Å². The zero-order chi connectivity index (χ0) is 16.5. The highest BCUT2D eigenvalue weighted by Gasteiger charge is 2.49. The Bertz CT molecular complexity index is 586. The molecule has 1 spiro atoms. The average molecular weight is 440 g/mol. The van der Waals surface area contributed by atoms with Crippen LogP contribution in [0.15, 0.2) is 18.2 Å². The lowest BCUT2D eigenvalue weighted by atomic mass is 9.68. The van der Waals surface area contributed by atoms with Crippen LogP contribution in [-0.4, -0.2) is 17.3 Å². The van der Waals surface area contributed by atoms with Gasteiger partial charge in [-0.05, 0) is 47.6 Å². The standard InChI is InChI=1S/C15H19IN.ClHO4/c1-11-15(8-4-3-5-9-15)13-10-12(16)6-7-14(13)17(11)2;2-1(3,4)5/h6-7,10H,3-5,8-9H2,1-2H3;(H,2,3,4,5)/q+1;/p-1. The van der Waals surface area contributed by atoms with E-state index >= 15 is 0 Å². The van der Waals surface area contributed by atoms with Gasteiger partial charge in [0.05, 0.1) is 5.41 Å². The van der Waals surface area contributed by atoms with E-state index in [1.54, 1.807) is 11.3 Å². The lowest BCUT2D eigenvalue weighted by molar-refractivity contribution is -2.00. The molecule has 22 heavy (non-hydrogen) atoms. The molecule has 1 aromatic rings. The van der Waals surface area contributed by atoms with Crippen molar-refractivity contribution in [2.24, 2.45) is 0 Å². The van der Waals surface area contributed by atoms with Crippen molar-refractivity contribution in [3.05, 3.63) is 27.3 Å². The Hall–Kier alpha value is -0.250. The predicted molar refractivity (Wildman–Crippen MR) is 80.4 cm³/mol. The summed E-state index contributed by atoms with van der Waals surface area (Å²) in [6, 6.07) is 6.93. The first kappa shape index (κ1) is 18.1. The molecular formula is C15H19ClINO4. The van der Waals surface area contributed by atoms with Gasteiger partial charge in [0.2, 0.25) is 5.69 Å². The second-order valence-electron chi connectivity index (χ2n) is 5.83. The van der Waals surface area contributed by atoms with Crippen LogP contribution in [0.3, 0.4) is 0 Å². The zero-order valence-electron chi connectivity index (χ0n) is 12.6. The number of fused-ring (bicyclic) bond motifs is 2. The van der Waals surface area contributed by atoms with Gasteiger partial charge in [0.1, 0.15) is 7.05 Å². The van der Waals surface area contributed by atoms with Gasteiger partial charge in [0, 0.05) is 22.1 Å². The second-order valence-corrected chi connectivity index (χ2v) is 7.83. The Labute approximate surface area is 146 Å². The molecule has 3 rings (SSSR count). The summed E-state index contributed by atoms with van der Waals surface area (Å²) in [6.45, 7) is 2.33. The van der Waals surface area contributed by atoms with Crippen LogP contribution in [0, 0.1) is 13.8 Å². The van der Waals surface area contributed by atoms with Gasteiger partial charge >= 0.3 is 0 Å². The SMILES string of the molecule is CC1=[N+](C)c2ccc(I)cc2C12CCCCC2.[O-][Cl+3]([O-])([O-])[O-]. The maximum Gasteiger partial charge on any atom is 0.209 e. The summed E-state index contributed by atoms with van der Waals surface area (Å²) in [5.41, 5.74) is 4.95. The number of hydrogen-bond acceptors (Lipinski definition) is 4. The van der Waals surface area contributed by atoms with Crippen molar-refractivity contribution in [1.29, 1.82) is 0 Å². The normalized spacial score (nSPS) is 19.8. The molecule has 1 aromatic carbocycles. The summed E-state index contributed by atoms with van der Waals surface area (Å²) >= 11 is 2.44. The minimum Gasteiger partial charge on any atom is -0.222 e. The number of hydrogen-bond donors (Lipinski definition) is 0. The highest BCUT2D eigenvalue weighted by atomic mass is 127. The van der Waals surface area contributed by atoms with Crippen LogP contribution >= 0.6 is 22.6 Å². The molecule has 1 heterocycles. The Balaban J connectivity index is 0.000000309. The van der Waals surface area contributed by atoms with Crippen molar-refractivity contribution >= 4 is 34.0 Å². The van der Waals surface area contributed by atoms with Gasteiger partial charge in [-0.25, -0.2) is 23.2 Å². The summed E-state index contributed by atoms with van der Waals surface area (Å²) in [6.07, 6.45) is 6.87. The smallest absolute Gasteiger partial charge is 0.209 e. The van der Waals surface area contributed by atoms with Gasteiger partial charge < -0.3 is 0 Å². The highest BCUT2D eigenvalue weighted by Crippen LogP contribution is 2.48. The van der Waals surface area contributed by atoms with Crippen LogP contribution < -0.4 is 18.6 Å². The summed E-state index contributed by atoms with van der Waals surface area (Å²) in [4.78, 5) is 0. The van der Waals surface area contributed by atoms with Crippen molar-refractivity contribution in [3.63, 3.8) is 0 Å². The predicted octanol–water partition coefficient (Wildman–Crippen LogP) is -0.515. The Morgan fingerprint density at radius 1 is 1.09 bits per heavy atom. The van der Waals surface area contributed by atoms with Gasteiger partial charge in [-0.2, -0.15) is 0 Å². The van der Waals surface area contributed by atoms with Crippen LogP contribution in [0.2, 0.25) is 0 Å². The minimum absolute atomic E-state index is 0.365. The van der Waals surface area contributed by atoms with Crippen molar-refractivity contribution < 1.29 is 33.5 Å². The molecule has 0 radical (unpaired) electrons. The van der Waals surface area contributed by atoms with E-state index in [9.17, 15) is 0 Å². The fraction of sp³-hybridized carbons (Fsp3) is 0.533. The van der Waals surface area contributed by atoms with Crippen LogP contribution in [0.25, 0.3) is 0 Å². The van der Waals surface area contributed by atoms with Crippen LogP contribution in [0.5, 0.6) is 0 Å². The molecule has 0 amide bonds. The Morgan fingerprint density at radius 3 is 2.18 bits per heavy atom. The van der Waals surface area contributed by atoms with E-state index in [1.807, 2.05) is 0 Å². The Morgan fingerprint density at radius 2 is 1.64 bits per heavy atom. The van der Waals surface area contributed by atoms with E-state index in [-0.39, 0.29) is 0 Å². The van der Waals surface area contributed by atoms with Gasteiger partial charge in [-0.3, -0.25) is 0 Å². The molecular weight excluding hydrogens is 421 g/mol. The molecule has 7 heteroatoms. The third-order valence-corrected chi connectivity index (χ3v) is 5.41. The molecule has 2 aliphatic rings. The largest absolute Gasteiger partial charge is 0.222 e. The quantitative estimate of drug-likeness (QED) is 0.402.